The van der Waals surface area contributed by atoms with E-state index in [2.05, 4.69) is 38.1 Å². The molecule has 0 spiro atoms. The predicted molar refractivity (Wildman–Crippen MR) is 94.5 cm³/mol. The van der Waals surface area contributed by atoms with E-state index in [4.69, 9.17) is 0 Å². The minimum Gasteiger partial charge on any atom is -0.508 e. The average Bonchev–Trinajstić information content (AvgIpc) is 2.53. The van der Waals surface area contributed by atoms with E-state index in [-0.39, 0.29) is 0 Å². The summed E-state index contributed by atoms with van der Waals surface area (Å²) in [6.45, 7) is 4.45. The Bertz CT molecular complexity index is 574. The summed E-state index contributed by atoms with van der Waals surface area (Å²) in [6.07, 6.45) is 7.36. The molecule has 1 N–H and O–H groups in total. The van der Waals surface area contributed by atoms with Crippen molar-refractivity contribution in [2.45, 2.75) is 58.3 Å². The number of unbranched alkanes of at least 4 members (excludes halogenated alkanes) is 3. The molecule has 0 aliphatic heterocycles. The zero-order valence-electron chi connectivity index (χ0n) is 13.9. The lowest BCUT2D eigenvalue weighted by atomic mass is 9.89. The van der Waals surface area contributed by atoms with E-state index in [1.165, 1.54) is 43.2 Å². The van der Waals surface area contributed by atoms with Crippen LogP contribution in [0.15, 0.2) is 48.5 Å². The number of hydrogen-bond donors (Lipinski definition) is 1. The van der Waals surface area contributed by atoms with Crippen molar-refractivity contribution >= 4 is 0 Å². The van der Waals surface area contributed by atoms with Gasteiger partial charge in [0.25, 0.3) is 0 Å². The van der Waals surface area contributed by atoms with Crippen LogP contribution in [0.4, 0.5) is 0 Å². The summed E-state index contributed by atoms with van der Waals surface area (Å²) in [6, 6.07) is 16.5. The van der Waals surface area contributed by atoms with E-state index < -0.39 is 0 Å². The van der Waals surface area contributed by atoms with Crippen molar-refractivity contribution in [3.8, 4) is 5.75 Å². The maximum atomic E-state index is 10.0. The maximum absolute atomic E-state index is 10.0. The molecular formula is C21H28O. The van der Waals surface area contributed by atoms with Gasteiger partial charge >= 0.3 is 0 Å². The number of rotatable bonds is 8. The summed E-state index contributed by atoms with van der Waals surface area (Å²) in [5.41, 5.74) is 3.94. The van der Waals surface area contributed by atoms with Crippen molar-refractivity contribution in [1.82, 2.24) is 0 Å². The molecule has 0 aliphatic carbocycles. The lowest BCUT2D eigenvalue weighted by molar-refractivity contribution is 0.462. The van der Waals surface area contributed by atoms with Crippen LogP contribution in [-0.4, -0.2) is 5.11 Å². The second-order valence-corrected chi connectivity index (χ2v) is 6.24. The number of benzene rings is 2. The predicted octanol–water partition coefficient (Wildman–Crippen LogP) is 5.86. The molecule has 0 fully saturated rings. The summed E-state index contributed by atoms with van der Waals surface area (Å²) in [7, 11) is 0. The third kappa shape index (κ3) is 4.62. The second kappa shape index (κ2) is 8.63. The molecule has 0 aliphatic rings. The quantitative estimate of drug-likeness (QED) is 0.605. The molecule has 0 aromatic heterocycles. The number of aromatic hydroxyl groups is 1. The normalized spacial score (nSPS) is 12.3. The van der Waals surface area contributed by atoms with E-state index in [0.29, 0.717) is 11.7 Å². The molecular weight excluding hydrogens is 268 g/mol. The zero-order chi connectivity index (χ0) is 15.8. The molecule has 2 aromatic rings. The van der Waals surface area contributed by atoms with Crippen LogP contribution in [0.5, 0.6) is 5.75 Å². The Balaban J connectivity index is 2.04. The third-order valence-electron chi connectivity index (χ3n) is 4.41. The van der Waals surface area contributed by atoms with Gasteiger partial charge in [0.2, 0.25) is 0 Å². The van der Waals surface area contributed by atoms with Gasteiger partial charge in [-0.25, -0.2) is 0 Å². The highest BCUT2D eigenvalue weighted by molar-refractivity contribution is 5.37. The van der Waals surface area contributed by atoms with Crippen molar-refractivity contribution < 1.29 is 5.11 Å². The fraction of sp³-hybridized carbons (Fsp3) is 0.429. The van der Waals surface area contributed by atoms with Crippen molar-refractivity contribution in [1.29, 1.82) is 0 Å². The topological polar surface area (TPSA) is 20.2 Å². The molecule has 0 heterocycles. The third-order valence-corrected chi connectivity index (χ3v) is 4.41. The smallest absolute Gasteiger partial charge is 0.119 e. The summed E-state index contributed by atoms with van der Waals surface area (Å²) >= 11 is 0. The number of para-hydroxylation sites is 1. The molecule has 1 heteroatoms. The van der Waals surface area contributed by atoms with Crippen LogP contribution in [0.2, 0.25) is 0 Å². The van der Waals surface area contributed by atoms with Gasteiger partial charge in [0.15, 0.2) is 0 Å². The Hall–Kier alpha value is -1.76. The molecule has 1 unspecified atom stereocenters. The largest absolute Gasteiger partial charge is 0.508 e. The molecule has 118 valence electrons. The van der Waals surface area contributed by atoms with Gasteiger partial charge in [0.05, 0.1) is 0 Å². The van der Waals surface area contributed by atoms with Gasteiger partial charge in [-0.15, -0.1) is 0 Å². The standard InChI is InChI=1S/C21H28O/c1-3-4-5-6-11-18-12-7-8-13-19(18)16-17(2)20-14-9-10-15-21(20)22/h7-10,12-15,17,22H,3-6,11,16H2,1-2H3. The van der Waals surface area contributed by atoms with Crippen LogP contribution in [-0.2, 0) is 12.8 Å². The second-order valence-electron chi connectivity index (χ2n) is 6.24. The van der Waals surface area contributed by atoms with Gasteiger partial charge in [0, 0.05) is 0 Å². The summed E-state index contributed by atoms with van der Waals surface area (Å²) in [4.78, 5) is 0. The lowest BCUT2D eigenvalue weighted by Crippen LogP contribution is -2.02. The van der Waals surface area contributed by atoms with Gasteiger partial charge < -0.3 is 5.11 Å². The first-order valence-electron chi connectivity index (χ1n) is 8.57. The van der Waals surface area contributed by atoms with E-state index in [1.807, 2.05) is 18.2 Å². The van der Waals surface area contributed by atoms with Crippen molar-refractivity contribution in [3.05, 3.63) is 65.2 Å². The summed E-state index contributed by atoms with van der Waals surface area (Å²) < 4.78 is 0. The van der Waals surface area contributed by atoms with Crippen LogP contribution in [0.1, 0.15) is 62.1 Å². The van der Waals surface area contributed by atoms with Gasteiger partial charge in [-0.3, -0.25) is 0 Å². The van der Waals surface area contributed by atoms with Crippen molar-refractivity contribution in [3.63, 3.8) is 0 Å². The van der Waals surface area contributed by atoms with Crippen LogP contribution in [0.3, 0.4) is 0 Å². The number of phenols is 1. The highest BCUT2D eigenvalue weighted by Gasteiger charge is 2.12. The molecule has 22 heavy (non-hydrogen) atoms. The molecule has 1 atom stereocenters. The minimum absolute atomic E-state index is 0.331. The molecule has 0 amide bonds. The van der Waals surface area contributed by atoms with Crippen LogP contribution in [0, 0.1) is 0 Å². The first kappa shape index (κ1) is 16.6. The SMILES string of the molecule is CCCCCCc1ccccc1CC(C)c1ccccc1O. The van der Waals surface area contributed by atoms with Gasteiger partial charge in [-0.05, 0) is 47.9 Å². The van der Waals surface area contributed by atoms with Crippen LogP contribution >= 0.6 is 0 Å². The molecule has 2 aromatic carbocycles. The monoisotopic (exact) mass is 296 g/mol. The molecule has 0 radical (unpaired) electrons. The summed E-state index contributed by atoms with van der Waals surface area (Å²) in [5, 5.41) is 10.0. The Labute approximate surface area is 135 Å². The van der Waals surface area contributed by atoms with E-state index >= 15 is 0 Å². The Morgan fingerprint density at radius 1 is 0.864 bits per heavy atom. The Morgan fingerprint density at radius 3 is 2.27 bits per heavy atom. The highest BCUT2D eigenvalue weighted by Crippen LogP contribution is 2.29. The van der Waals surface area contributed by atoms with Crippen molar-refractivity contribution in [2.75, 3.05) is 0 Å². The van der Waals surface area contributed by atoms with Gasteiger partial charge in [-0.1, -0.05) is 75.6 Å². The van der Waals surface area contributed by atoms with Gasteiger partial charge in [-0.2, -0.15) is 0 Å². The fourth-order valence-electron chi connectivity index (χ4n) is 3.09. The number of aryl methyl sites for hydroxylation is 1. The summed E-state index contributed by atoms with van der Waals surface area (Å²) in [5.74, 6) is 0.744. The van der Waals surface area contributed by atoms with Gasteiger partial charge in [0.1, 0.15) is 5.75 Å². The first-order chi connectivity index (χ1) is 10.7. The van der Waals surface area contributed by atoms with E-state index in [9.17, 15) is 5.11 Å². The first-order valence-corrected chi connectivity index (χ1v) is 8.57. The Kier molecular flexibility index (Phi) is 6.51. The average molecular weight is 296 g/mol. The van der Waals surface area contributed by atoms with E-state index in [1.54, 1.807) is 6.07 Å². The molecule has 0 saturated carbocycles. The van der Waals surface area contributed by atoms with Crippen molar-refractivity contribution in [2.24, 2.45) is 0 Å². The minimum atomic E-state index is 0.331. The Morgan fingerprint density at radius 2 is 1.55 bits per heavy atom. The fourth-order valence-corrected chi connectivity index (χ4v) is 3.09. The number of phenolic OH excluding ortho intramolecular Hbond substituents is 1. The van der Waals surface area contributed by atoms with E-state index in [0.717, 1.165) is 12.0 Å². The zero-order valence-corrected chi connectivity index (χ0v) is 13.9. The highest BCUT2D eigenvalue weighted by atomic mass is 16.3. The van der Waals surface area contributed by atoms with Crippen LogP contribution < -0.4 is 0 Å². The molecule has 0 bridgehead atoms. The maximum Gasteiger partial charge on any atom is 0.119 e. The number of hydrogen-bond acceptors (Lipinski definition) is 1. The van der Waals surface area contributed by atoms with Crippen LogP contribution in [0.25, 0.3) is 0 Å². The molecule has 1 nitrogen and oxygen atoms in total. The molecule has 2 rings (SSSR count). The molecule has 0 saturated heterocycles. The lowest BCUT2D eigenvalue weighted by Gasteiger charge is -2.16.